The lowest BCUT2D eigenvalue weighted by Gasteiger charge is -2.29. The first-order chi connectivity index (χ1) is 12.5. The summed E-state index contributed by atoms with van der Waals surface area (Å²) in [6.45, 7) is 3.83. The lowest BCUT2D eigenvalue weighted by atomic mass is 9.88. The Morgan fingerprint density at radius 3 is 1.88 bits per heavy atom. The maximum Gasteiger partial charge on any atom is 0.474 e. The molecule has 7 nitrogen and oxygen atoms in total. The molecule has 0 saturated carbocycles. The van der Waals surface area contributed by atoms with Crippen molar-refractivity contribution in [2.45, 2.75) is 19.8 Å². The summed E-state index contributed by atoms with van der Waals surface area (Å²) in [7, 11) is -3.67. The van der Waals surface area contributed by atoms with Crippen LogP contribution in [0.25, 0.3) is 0 Å². The van der Waals surface area contributed by atoms with E-state index in [4.69, 9.17) is 18.3 Å². The Labute approximate surface area is 151 Å². The van der Waals surface area contributed by atoms with Gasteiger partial charge in [-0.3, -0.25) is 13.6 Å². The van der Waals surface area contributed by atoms with Gasteiger partial charge in [0.25, 0.3) is 0 Å². The van der Waals surface area contributed by atoms with Crippen molar-refractivity contribution >= 4 is 7.82 Å². The number of fused-ring (bicyclic) bond motifs is 2. The summed E-state index contributed by atoms with van der Waals surface area (Å²) in [4.78, 5) is 0. The lowest BCUT2D eigenvalue weighted by Crippen LogP contribution is -2.16. The molecule has 1 aliphatic heterocycles. The molecule has 0 radical (unpaired) electrons. The lowest BCUT2D eigenvalue weighted by molar-refractivity contribution is 0.118. The van der Waals surface area contributed by atoms with Gasteiger partial charge in [-0.15, -0.1) is 0 Å². The molecule has 2 aromatic rings. The largest absolute Gasteiger partial charge is 0.508 e. The van der Waals surface area contributed by atoms with E-state index in [1.807, 2.05) is 0 Å². The van der Waals surface area contributed by atoms with Crippen molar-refractivity contribution in [3.05, 3.63) is 47.5 Å². The molecular weight excluding hydrogens is 359 g/mol. The average molecular weight is 380 g/mol. The second-order valence-electron chi connectivity index (χ2n) is 5.68. The first-order valence-corrected chi connectivity index (χ1v) is 9.79. The van der Waals surface area contributed by atoms with Crippen LogP contribution >= 0.6 is 7.82 Å². The van der Waals surface area contributed by atoms with E-state index in [-0.39, 0.29) is 37.2 Å². The monoisotopic (exact) mass is 380 g/mol. The van der Waals surface area contributed by atoms with Gasteiger partial charge in [-0.2, -0.15) is 0 Å². The van der Waals surface area contributed by atoms with Gasteiger partial charge in [0.1, 0.15) is 23.0 Å². The Kier molecular flexibility index (Phi) is 5.53. The quantitative estimate of drug-likeness (QED) is 0.681. The van der Waals surface area contributed by atoms with Crippen LogP contribution in [0.15, 0.2) is 36.4 Å². The number of aromatic hydroxyl groups is 2. The van der Waals surface area contributed by atoms with Crippen LogP contribution < -0.4 is 4.74 Å². The average Bonchev–Trinajstić information content (AvgIpc) is 2.58. The number of phenolic OH excluding ortho intramolecular Hbond substituents is 2. The number of phenols is 2. The second-order valence-corrected chi connectivity index (χ2v) is 7.35. The molecule has 0 aliphatic carbocycles. The van der Waals surface area contributed by atoms with Gasteiger partial charge in [0, 0.05) is 29.2 Å². The van der Waals surface area contributed by atoms with E-state index in [1.54, 1.807) is 38.1 Å². The second kappa shape index (κ2) is 7.68. The highest BCUT2D eigenvalue weighted by Crippen LogP contribution is 2.52. The molecule has 3 rings (SSSR count). The van der Waals surface area contributed by atoms with Crippen molar-refractivity contribution in [2.24, 2.45) is 0 Å². The summed E-state index contributed by atoms with van der Waals surface area (Å²) >= 11 is 0. The highest BCUT2D eigenvalue weighted by molar-refractivity contribution is 7.48. The Morgan fingerprint density at radius 1 is 0.923 bits per heavy atom. The SMILES string of the molecule is CCOP(=O)(OCC)OCC1c2ccc(O)cc2Oc2cc(O)ccc21. The van der Waals surface area contributed by atoms with E-state index in [1.165, 1.54) is 12.1 Å². The fourth-order valence-electron chi connectivity index (χ4n) is 2.86. The van der Waals surface area contributed by atoms with Crippen LogP contribution in [0.3, 0.4) is 0 Å². The predicted molar refractivity (Wildman–Crippen MR) is 94.9 cm³/mol. The summed E-state index contributed by atoms with van der Waals surface area (Å²) in [5.74, 6) is 0.672. The minimum atomic E-state index is -3.67. The van der Waals surface area contributed by atoms with Crippen molar-refractivity contribution < 1.29 is 33.1 Å². The number of hydrogen-bond acceptors (Lipinski definition) is 7. The summed E-state index contributed by atoms with van der Waals surface area (Å²) in [6.07, 6.45) is 0. The molecule has 0 saturated heterocycles. The molecule has 0 bridgehead atoms. The van der Waals surface area contributed by atoms with Gasteiger partial charge in [0.05, 0.1) is 19.8 Å². The van der Waals surface area contributed by atoms with Crippen LogP contribution in [0.4, 0.5) is 0 Å². The van der Waals surface area contributed by atoms with Crippen molar-refractivity contribution in [1.29, 1.82) is 0 Å². The van der Waals surface area contributed by atoms with E-state index in [0.717, 1.165) is 11.1 Å². The zero-order chi connectivity index (χ0) is 18.7. The Balaban J connectivity index is 1.94. The fraction of sp³-hybridized carbons (Fsp3) is 0.333. The number of rotatable bonds is 7. The van der Waals surface area contributed by atoms with Crippen LogP contribution in [0.2, 0.25) is 0 Å². The molecule has 0 spiro atoms. The van der Waals surface area contributed by atoms with E-state index in [2.05, 4.69) is 0 Å². The van der Waals surface area contributed by atoms with Crippen molar-refractivity contribution in [1.82, 2.24) is 0 Å². The molecule has 1 aliphatic rings. The molecule has 140 valence electrons. The highest BCUT2D eigenvalue weighted by atomic mass is 31.2. The van der Waals surface area contributed by atoms with Crippen molar-refractivity contribution in [3.63, 3.8) is 0 Å². The number of ether oxygens (including phenoxy) is 1. The first kappa shape index (κ1) is 18.7. The van der Waals surface area contributed by atoms with E-state index in [0.29, 0.717) is 11.5 Å². The van der Waals surface area contributed by atoms with Crippen LogP contribution in [0.5, 0.6) is 23.0 Å². The zero-order valence-electron chi connectivity index (χ0n) is 14.5. The maximum absolute atomic E-state index is 12.6. The van der Waals surface area contributed by atoms with E-state index < -0.39 is 7.82 Å². The molecule has 2 aromatic carbocycles. The zero-order valence-corrected chi connectivity index (χ0v) is 15.4. The number of phosphoric acid groups is 1. The van der Waals surface area contributed by atoms with Gasteiger partial charge < -0.3 is 14.9 Å². The summed E-state index contributed by atoms with van der Waals surface area (Å²) in [5.41, 5.74) is 1.53. The maximum atomic E-state index is 12.6. The Bertz CT molecular complexity index is 775. The van der Waals surface area contributed by atoms with Crippen LogP contribution in [-0.4, -0.2) is 30.0 Å². The van der Waals surface area contributed by atoms with Crippen LogP contribution in [0.1, 0.15) is 30.9 Å². The minimum Gasteiger partial charge on any atom is -0.508 e. The molecule has 0 unspecified atom stereocenters. The predicted octanol–water partition coefficient (Wildman–Crippen LogP) is 4.53. The highest BCUT2D eigenvalue weighted by Gasteiger charge is 2.33. The third kappa shape index (κ3) is 3.86. The normalized spacial score (nSPS) is 13.8. The van der Waals surface area contributed by atoms with E-state index >= 15 is 0 Å². The Hall–Kier alpha value is -2.05. The molecule has 2 N–H and O–H groups in total. The van der Waals surface area contributed by atoms with Crippen molar-refractivity contribution in [2.75, 3.05) is 19.8 Å². The summed E-state index contributed by atoms with van der Waals surface area (Å²) in [5, 5.41) is 19.5. The standard InChI is InChI=1S/C18H21O7P/c1-3-22-26(21,23-4-2)24-11-16-14-7-5-12(19)9-17(14)25-18-10-13(20)6-8-15(16)18/h5-10,16,19-20H,3-4,11H2,1-2H3. The van der Waals surface area contributed by atoms with Gasteiger partial charge in [-0.1, -0.05) is 12.1 Å². The van der Waals surface area contributed by atoms with Gasteiger partial charge >= 0.3 is 7.82 Å². The summed E-state index contributed by atoms with van der Waals surface area (Å²) in [6, 6.07) is 9.51. The topological polar surface area (TPSA) is 94.5 Å². The molecule has 8 heteroatoms. The minimum absolute atomic E-state index is 0.0240. The first-order valence-electron chi connectivity index (χ1n) is 8.33. The molecule has 0 atom stereocenters. The Morgan fingerprint density at radius 2 is 1.42 bits per heavy atom. The van der Waals surface area contributed by atoms with Gasteiger partial charge in [-0.05, 0) is 26.0 Å². The van der Waals surface area contributed by atoms with Crippen molar-refractivity contribution in [3.8, 4) is 23.0 Å². The molecule has 0 amide bonds. The van der Waals surface area contributed by atoms with Gasteiger partial charge in [0.15, 0.2) is 0 Å². The molecular formula is C18H21O7P. The van der Waals surface area contributed by atoms with Crippen LogP contribution in [0, 0.1) is 0 Å². The third-order valence-electron chi connectivity index (χ3n) is 3.94. The van der Waals surface area contributed by atoms with Gasteiger partial charge in [-0.25, -0.2) is 4.57 Å². The molecule has 26 heavy (non-hydrogen) atoms. The number of benzene rings is 2. The third-order valence-corrected chi connectivity index (χ3v) is 5.55. The van der Waals surface area contributed by atoms with Gasteiger partial charge in [0.2, 0.25) is 0 Å². The number of phosphoric ester groups is 1. The molecule has 0 fully saturated rings. The molecule has 0 aromatic heterocycles. The smallest absolute Gasteiger partial charge is 0.474 e. The molecule has 1 heterocycles. The fourth-order valence-corrected chi connectivity index (χ4v) is 4.05. The number of hydrogen-bond donors (Lipinski definition) is 2. The van der Waals surface area contributed by atoms with E-state index in [9.17, 15) is 14.8 Å². The van der Waals surface area contributed by atoms with Crippen LogP contribution in [-0.2, 0) is 18.1 Å². The summed E-state index contributed by atoms with van der Waals surface area (Å²) < 4.78 is 34.3.